The molecule has 2 aliphatic carbocycles. The summed E-state index contributed by atoms with van der Waals surface area (Å²) in [6, 6.07) is 1.23. The van der Waals surface area contributed by atoms with Crippen LogP contribution in [0.25, 0.3) is 0 Å². The second-order valence-corrected chi connectivity index (χ2v) is 6.52. The van der Waals surface area contributed by atoms with Crippen molar-refractivity contribution in [1.82, 2.24) is 19.4 Å². The molecule has 4 rings (SSSR count). The zero-order chi connectivity index (χ0) is 14.2. The quantitative estimate of drug-likeness (QED) is 0.876. The molecule has 1 unspecified atom stereocenters. The van der Waals surface area contributed by atoms with Gasteiger partial charge in [-0.25, -0.2) is 4.98 Å². The summed E-state index contributed by atoms with van der Waals surface area (Å²) in [7, 11) is 2.08. The summed E-state index contributed by atoms with van der Waals surface area (Å²) in [6.07, 6.45) is 16.5. The van der Waals surface area contributed by atoms with Gasteiger partial charge in [-0.2, -0.15) is 0 Å². The SMILES string of the molecule is CNC1CCCCc2cn(Cc3cncn3C3CC3)cc21. The van der Waals surface area contributed by atoms with E-state index in [1.165, 1.54) is 55.3 Å². The van der Waals surface area contributed by atoms with Gasteiger partial charge in [0.2, 0.25) is 0 Å². The van der Waals surface area contributed by atoms with Crippen molar-refractivity contribution in [3.63, 3.8) is 0 Å². The normalized spacial score (nSPS) is 22.0. The third-order valence-electron chi connectivity index (χ3n) is 4.94. The molecule has 2 aromatic heterocycles. The number of nitrogens with one attached hydrogen (secondary N) is 1. The first kappa shape index (κ1) is 13.1. The molecule has 0 spiro atoms. The predicted molar refractivity (Wildman–Crippen MR) is 83.4 cm³/mol. The summed E-state index contributed by atoms with van der Waals surface area (Å²) in [4.78, 5) is 4.34. The number of aryl methyl sites for hydroxylation is 1. The van der Waals surface area contributed by atoms with Crippen LogP contribution >= 0.6 is 0 Å². The van der Waals surface area contributed by atoms with E-state index in [-0.39, 0.29) is 0 Å². The molecule has 2 heterocycles. The lowest BCUT2D eigenvalue weighted by Crippen LogP contribution is -2.15. The van der Waals surface area contributed by atoms with Crippen molar-refractivity contribution in [1.29, 1.82) is 0 Å². The van der Waals surface area contributed by atoms with E-state index in [0.717, 1.165) is 6.54 Å². The Balaban J connectivity index is 1.60. The van der Waals surface area contributed by atoms with Crippen LogP contribution in [0.2, 0.25) is 0 Å². The fourth-order valence-electron chi connectivity index (χ4n) is 3.63. The first-order valence-electron chi connectivity index (χ1n) is 8.21. The van der Waals surface area contributed by atoms with E-state index in [0.29, 0.717) is 12.1 Å². The van der Waals surface area contributed by atoms with Crippen molar-refractivity contribution in [3.8, 4) is 0 Å². The monoisotopic (exact) mass is 284 g/mol. The molecule has 0 amide bonds. The van der Waals surface area contributed by atoms with Crippen molar-refractivity contribution in [2.24, 2.45) is 0 Å². The van der Waals surface area contributed by atoms with Crippen LogP contribution in [-0.2, 0) is 13.0 Å². The summed E-state index contributed by atoms with van der Waals surface area (Å²) >= 11 is 0. The highest BCUT2D eigenvalue weighted by atomic mass is 15.1. The van der Waals surface area contributed by atoms with Gasteiger partial charge in [-0.1, -0.05) is 6.42 Å². The van der Waals surface area contributed by atoms with E-state index < -0.39 is 0 Å². The molecule has 1 N–H and O–H groups in total. The standard InChI is InChI=1S/C17H24N4/c1-18-17-5-3-2-4-13-9-20(11-16(13)17)10-15-8-19-12-21(15)14-6-7-14/h8-9,11-12,14,17-18H,2-7,10H2,1H3. The zero-order valence-corrected chi connectivity index (χ0v) is 12.8. The van der Waals surface area contributed by atoms with Crippen molar-refractivity contribution in [2.75, 3.05) is 7.05 Å². The topological polar surface area (TPSA) is 34.8 Å². The third-order valence-corrected chi connectivity index (χ3v) is 4.94. The molecular formula is C17H24N4. The molecule has 21 heavy (non-hydrogen) atoms. The van der Waals surface area contributed by atoms with Crippen LogP contribution in [0.15, 0.2) is 24.9 Å². The number of nitrogens with zero attached hydrogens (tertiary/aromatic N) is 3. The third kappa shape index (κ3) is 2.53. The van der Waals surface area contributed by atoms with E-state index in [1.807, 2.05) is 12.5 Å². The number of aromatic nitrogens is 3. The Labute approximate surface area is 126 Å². The maximum absolute atomic E-state index is 4.34. The van der Waals surface area contributed by atoms with Gasteiger partial charge in [-0.3, -0.25) is 0 Å². The number of imidazole rings is 1. The van der Waals surface area contributed by atoms with Gasteiger partial charge in [0.1, 0.15) is 0 Å². The lowest BCUT2D eigenvalue weighted by atomic mass is 10.1. The van der Waals surface area contributed by atoms with Crippen LogP contribution in [0.3, 0.4) is 0 Å². The van der Waals surface area contributed by atoms with E-state index in [4.69, 9.17) is 0 Å². The Morgan fingerprint density at radius 3 is 2.95 bits per heavy atom. The van der Waals surface area contributed by atoms with Crippen LogP contribution < -0.4 is 5.32 Å². The molecule has 0 saturated heterocycles. The molecule has 1 atom stereocenters. The number of hydrogen-bond acceptors (Lipinski definition) is 2. The van der Waals surface area contributed by atoms with Gasteiger partial charge in [0.05, 0.1) is 18.6 Å². The van der Waals surface area contributed by atoms with Crippen LogP contribution in [0.5, 0.6) is 0 Å². The summed E-state index contributed by atoms with van der Waals surface area (Å²) in [5.41, 5.74) is 4.38. The molecule has 0 radical (unpaired) electrons. The van der Waals surface area contributed by atoms with Gasteiger partial charge in [0.15, 0.2) is 0 Å². The van der Waals surface area contributed by atoms with E-state index in [1.54, 1.807) is 0 Å². The second-order valence-electron chi connectivity index (χ2n) is 6.52. The van der Waals surface area contributed by atoms with Gasteiger partial charge in [-0.05, 0) is 50.3 Å². The minimum absolute atomic E-state index is 0.525. The minimum atomic E-state index is 0.525. The molecule has 4 heteroatoms. The first-order chi connectivity index (χ1) is 10.3. The number of fused-ring (bicyclic) bond motifs is 1. The summed E-state index contributed by atoms with van der Waals surface area (Å²) in [5, 5.41) is 3.48. The predicted octanol–water partition coefficient (Wildman–Crippen LogP) is 3.05. The van der Waals surface area contributed by atoms with Gasteiger partial charge >= 0.3 is 0 Å². The number of hydrogen-bond donors (Lipinski definition) is 1. The van der Waals surface area contributed by atoms with Gasteiger partial charge in [0.25, 0.3) is 0 Å². The molecule has 1 saturated carbocycles. The average molecular weight is 284 g/mol. The molecule has 4 nitrogen and oxygen atoms in total. The van der Waals surface area contributed by atoms with Crippen LogP contribution in [0.1, 0.15) is 61.0 Å². The van der Waals surface area contributed by atoms with Gasteiger partial charge < -0.3 is 14.5 Å². The fraction of sp³-hybridized carbons (Fsp3) is 0.588. The van der Waals surface area contributed by atoms with Crippen molar-refractivity contribution in [2.45, 2.75) is 57.2 Å². The first-order valence-corrected chi connectivity index (χ1v) is 8.21. The molecule has 2 aliphatic rings. The maximum atomic E-state index is 4.34. The fourth-order valence-corrected chi connectivity index (χ4v) is 3.63. The smallest absolute Gasteiger partial charge is 0.0951 e. The Bertz CT molecular complexity index is 621. The highest BCUT2D eigenvalue weighted by Gasteiger charge is 2.25. The molecule has 1 fully saturated rings. The summed E-state index contributed by atoms with van der Waals surface area (Å²) in [6.45, 7) is 0.944. The summed E-state index contributed by atoms with van der Waals surface area (Å²) in [5.74, 6) is 0. The molecule has 0 aliphatic heterocycles. The molecular weight excluding hydrogens is 260 g/mol. The zero-order valence-electron chi connectivity index (χ0n) is 12.8. The van der Waals surface area contributed by atoms with Crippen LogP contribution in [-0.4, -0.2) is 21.2 Å². The second kappa shape index (κ2) is 5.34. The molecule has 0 bridgehead atoms. The lowest BCUT2D eigenvalue weighted by Gasteiger charge is -2.13. The van der Waals surface area contributed by atoms with Crippen LogP contribution in [0.4, 0.5) is 0 Å². The van der Waals surface area contributed by atoms with Gasteiger partial charge in [0, 0.05) is 30.7 Å². The molecule has 0 aromatic carbocycles. The van der Waals surface area contributed by atoms with E-state index in [2.05, 4.69) is 38.9 Å². The van der Waals surface area contributed by atoms with Crippen molar-refractivity contribution in [3.05, 3.63) is 41.7 Å². The minimum Gasteiger partial charge on any atom is -0.348 e. The Hall–Kier alpha value is -1.55. The Kier molecular flexibility index (Phi) is 3.34. The van der Waals surface area contributed by atoms with Crippen molar-refractivity contribution < 1.29 is 0 Å². The average Bonchev–Trinajstić information content (AvgIpc) is 3.17. The number of rotatable bonds is 4. The highest BCUT2D eigenvalue weighted by molar-refractivity contribution is 5.29. The van der Waals surface area contributed by atoms with E-state index in [9.17, 15) is 0 Å². The van der Waals surface area contributed by atoms with Crippen molar-refractivity contribution >= 4 is 0 Å². The van der Waals surface area contributed by atoms with Gasteiger partial charge in [-0.15, -0.1) is 0 Å². The lowest BCUT2D eigenvalue weighted by molar-refractivity contribution is 0.530. The summed E-state index contributed by atoms with van der Waals surface area (Å²) < 4.78 is 4.72. The molecule has 112 valence electrons. The highest BCUT2D eigenvalue weighted by Crippen LogP contribution is 2.36. The Morgan fingerprint density at radius 1 is 1.24 bits per heavy atom. The largest absolute Gasteiger partial charge is 0.348 e. The molecule has 2 aromatic rings. The maximum Gasteiger partial charge on any atom is 0.0951 e. The van der Waals surface area contributed by atoms with Crippen LogP contribution in [0, 0.1) is 0 Å². The Morgan fingerprint density at radius 2 is 2.14 bits per heavy atom. The van der Waals surface area contributed by atoms with E-state index >= 15 is 0 Å².